The molecule has 0 spiro atoms. The van der Waals surface area contributed by atoms with Crippen LogP contribution in [0.3, 0.4) is 0 Å². The topological polar surface area (TPSA) is 24.1 Å². The smallest absolute Gasteiger partial charge is 0.0736 e. The zero-order valence-electron chi connectivity index (χ0n) is 30.3. The summed E-state index contributed by atoms with van der Waals surface area (Å²) < 4.78 is 4.94. The Morgan fingerprint density at radius 2 is 0.778 bits per heavy atom. The maximum Gasteiger partial charge on any atom is 0.0736 e. The second-order valence-corrected chi connectivity index (χ2v) is 18.4. The zero-order valence-corrected chi connectivity index (χ0v) is 35.1. The minimum absolute atomic E-state index is 0.519. The molecule has 6 heteroatoms. The van der Waals surface area contributed by atoms with E-state index in [1.807, 2.05) is 36.8 Å². The quantitative estimate of drug-likeness (QED) is 0.174. The van der Waals surface area contributed by atoms with Gasteiger partial charge in [0, 0.05) is 55.3 Å². The van der Waals surface area contributed by atoms with Crippen LogP contribution in [0.5, 0.6) is 0 Å². The van der Waals surface area contributed by atoms with Crippen molar-refractivity contribution in [2.75, 3.05) is 24.7 Å². The van der Waals surface area contributed by atoms with Crippen molar-refractivity contribution in [1.29, 1.82) is 0 Å². The van der Waals surface area contributed by atoms with Gasteiger partial charge < -0.3 is 10.6 Å². The molecule has 2 N–H and O–H groups in total. The lowest BCUT2D eigenvalue weighted by Gasteiger charge is -2.34. The Morgan fingerprint density at radius 3 is 1.11 bits per heavy atom. The normalized spacial score (nSPS) is 18.0. The van der Waals surface area contributed by atoms with E-state index in [1.165, 1.54) is 85.9 Å². The minimum atomic E-state index is -0.519. The van der Waals surface area contributed by atoms with E-state index in [9.17, 15) is 0 Å². The maximum absolute atomic E-state index is 3.91. The third kappa shape index (κ3) is 4.60. The molecule has 54 heavy (non-hydrogen) atoms. The van der Waals surface area contributed by atoms with E-state index in [1.54, 1.807) is 0 Å². The number of nitrogens with one attached hydrogen (secondary N) is 2. The molecule has 2 aliphatic rings. The van der Waals surface area contributed by atoms with Gasteiger partial charge in [0.25, 0.3) is 0 Å². The van der Waals surface area contributed by atoms with Crippen LogP contribution in [0.1, 0.15) is 55.6 Å². The first-order chi connectivity index (χ1) is 26.3. The van der Waals surface area contributed by atoms with Gasteiger partial charge in [-0.25, -0.2) is 0 Å². The summed E-state index contributed by atoms with van der Waals surface area (Å²) in [5, 5.41) is 6.71. The summed E-state index contributed by atoms with van der Waals surface area (Å²) in [5.74, 6) is 0. The van der Waals surface area contributed by atoms with Crippen molar-refractivity contribution in [3.63, 3.8) is 0 Å². The van der Waals surface area contributed by atoms with Crippen LogP contribution < -0.4 is 10.6 Å². The van der Waals surface area contributed by atoms with Gasteiger partial charge in [0.05, 0.1) is 20.2 Å². The summed E-state index contributed by atoms with van der Waals surface area (Å²) >= 11 is 11.8. The molecule has 0 amide bonds. The maximum atomic E-state index is 3.91. The lowest BCUT2D eigenvalue weighted by atomic mass is 9.67. The summed E-state index contributed by atoms with van der Waals surface area (Å²) in [5.41, 5.74) is 16.9. The SMILES string of the molecule is CNc1ccc(C2(c3ccc(C)cc3)c3cc(Br)ccc3-c3sc4c5c(sc4c32)-c2ccc(Br)cc2C5(c2ccc(C)cc2)c2ccc(NC)cc2)cc1. The predicted octanol–water partition coefficient (Wildman–Crippen LogP) is 13.9. The number of thiophene rings is 2. The molecule has 0 aliphatic heterocycles. The molecular weight excluding hydrogens is 828 g/mol. The van der Waals surface area contributed by atoms with Gasteiger partial charge >= 0.3 is 0 Å². The van der Waals surface area contributed by atoms with E-state index in [-0.39, 0.29) is 0 Å². The lowest BCUT2D eigenvalue weighted by molar-refractivity contribution is 0.773. The number of anilines is 2. The molecule has 6 aromatic carbocycles. The van der Waals surface area contributed by atoms with Crippen LogP contribution >= 0.6 is 54.5 Å². The molecule has 2 nitrogen and oxygen atoms in total. The van der Waals surface area contributed by atoms with E-state index in [2.05, 4.69) is 190 Å². The standard InChI is InChI=1S/C48H36Br2N2S2/c1-27-5-9-29(10-6-27)47(31-13-19-35(51-3)20-14-31)39-25-33(49)17-23-37(39)43-41(47)45-46(53-43)42-44(54-45)38-24-18-34(50)26-40(38)48(42,30-11-7-28(2)8-12-30)32-15-21-36(52-4)22-16-32/h5-26,51-52H,1-4H3. The third-order valence-electron chi connectivity index (χ3n) is 11.7. The summed E-state index contributed by atoms with van der Waals surface area (Å²) in [6.45, 7) is 4.36. The molecule has 10 rings (SSSR count). The highest BCUT2D eigenvalue weighted by Crippen LogP contribution is 2.68. The van der Waals surface area contributed by atoms with Crippen LogP contribution in [0.2, 0.25) is 0 Å². The largest absolute Gasteiger partial charge is 0.388 e. The van der Waals surface area contributed by atoms with Crippen molar-refractivity contribution < 1.29 is 0 Å². The van der Waals surface area contributed by atoms with Crippen LogP contribution in [-0.4, -0.2) is 14.1 Å². The average molecular weight is 865 g/mol. The Kier molecular flexibility index (Phi) is 7.91. The molecule has 0 bridgehead atoms. The second kappa shape index (κ2) is 12.5. The molecule has 2 unspecified atom stereocenters. The summed E-state index contributed by atoms with van der Waals surface area (Å²) in [4.78, 5) is 2.72. The van der Waals surface area contributed by atoms with E-state index in [0.717, 1.165) is 20.3 Å². The molecule has 2 heterocycles. The van der Waals surface area contributed by atoms with Gasteiger partial charge in [-0.15, -0.1) is 22.7 Å². The molecule has 0 fully saturated rings. The predicted molar refractivity (Wildman–Crippen MR) is 238 cm³/mol. The number of hydrogen-bond donors (Lipinski definition) is 2. The van der Waals surface area contributed by atoms with E-state index < -0.39 is 10.8 Å². The van der Waals surface area contributed by atoms with E-state index >= 15 is 0 Å². The molecule has 0 saturated heterocycles. The molecular formula is C48H36Br2N2S2. The van der Waals surface area contributed by atoms with E-state index in [0.29, 0.717) is 0 Å². The monoisotopic (exact) mass is 862 g/mol. The van der Waals surface area contributed by atoms with Crippen molar-refractivity contribution >= 4 is 75.3 Å². The molecule has 0 saturated carbocycles. The number of benzene rings is 6. The van der Waals surface area contributed by atoms with Crippen LogP contribution in [0.25, 0.3) is 30.3 Å². The van der Waals surface area contributed by atoms with Crippen LogP contribution in [-0.2, 0) is 10.8 Å². The van der Waals surface area contributed by atoms with Crippen molar-refractivity contribution in [2.45, 2.75) is 24.7 Å². The third-order valence-corrected chi connectivity index (χ3v) is 15.3. The van der Waals surface area contributed by atoms with Crippen molar-refractivity contribution in [3.05, 3.63) is 198 Å². The number of hydrogen-bond acceptors (Lipinski definition) is 4. The Morgan fingerprint density at radius 1 is 0.444 bits per heavy atom. The van der Waals surface area contributed by atoms with Crippen molar-refractivity contribution in [2.24, 2.45) is 0 Å². The molecule has 2 atom stereocenters. The Bertz CT molecular complexity index is 2570. The highest BCUT2D eigenvalue weighted by molar-refractivity contribution is 9.10. The number of aryl methyl sites for hydroxylation is 2. The molecule has 2 aliphatic carbocycles. The molecule has 264 valence electrons. The minimum Gasteiger partial charge on any atom is -0.388 e. The zero-order chi connectivity index (χ0) is 36.9. The lowest BCUT2D eigenvalue weighted by Crippen LogP contribution is -2.29. The van der Waals surface area contributed by atoms with Gasteiger partial charge in [0.15, 0.2) is 0 Å². The van der Waals surface area contributed by atoms with Crippen LogP contribution in [0.15, 0.2) is 142 Å². The summed E-state index contributed by atoms with van der Waals surface area (Å²) in [6, 6.07) is 50.6. The summed E-state index contributed by atoms with van der Waals surface area (Å²) in [6.07, 6.45) is 0. The fourth-order valence-electron chi connectivity index (χ4n) is 9.23. The highest BCUT2D eigenvalue weighted by atomic mass is 79.9. The van der Waals surface area contributed by atoms with Crippen LogP contribution in [0, 0.1) is 13.8 Å². The first-order valence-corrected chi connectivity index (χ1v) is 21.4. The number of fused-ring (bicyclic) bond motifs is 9. The Balaban J connectivity index is 1.38. The first-order valence-electron chi connectivity index (χ1n) is 18.2. The highest BCUT2D eigenvalue weighted by Gasteiger charge is 2.53. The van der Waals surface area contributed by atoms with Crippen LogP contribution in [0.4, 0.5) is 11.4 Å². The van der Waals surface area contributed by atoms with Gasteiger partial charge in [-0.05, 0) is 107 Å². The fraction of sp³-hybridized carbons (Fsp3) is 0.125. The second-order valence-electron chi connectivity index (χ2n) is 14.5. The Labute approximate surface area is 341 Å². The first kappa shape index (κ1) is 34.1. The average Bonchev–Trinajstić information content (AvgIpc) is 3.89. The number of rotatable bonds is 6. The molecule has 0 radical (unpaired) electrons. The van der Waals surface area contributed by atoms with Crippen molar-refractivity contribution in [1.82, 2.24) is 0 Å². The summed E-state index contributed by atoms with van der Waals surface area (Å²) in [7, 11) is 3.98. The molecule has 2 aromatic heterocycles. The van der Waals surface area contributed by atoms with Gasteiger partial charge in [-0.2, -0.15) is 0 Å². The van der Waals surface area contributed by atoms with Gasteiger partial charge in [-0.1, -0.05) is 128 Å². The van der Waals surface area contributed by atoms with Gasteiger partial charge in [0.2, 0.25) is 0 Å². The van der Waals surface area contributed by atoms with Gasteiger partial charge in [-0.3, -0.25) is 0 Å². The van der Waals surface area contributed by atoms with Crippen molar-refractivity contribution in [3.8, 4) is 20.9 Å². The fourth-order valence-corrected chi connectivity index (χ4v) is 13.1. The number of halogens is 2. The Hall–Kier alpha value is -4.46. The van der Waals surface area contributed by atoms with E-state index in [4.69, 9.17) is 0 Å². The van der Waals surface area contributed by atoms with Gasteiger partial charge in [0.1, 0.15) is 0 Å². The molecule has 8 aromatic rings.